The van der Waals surface area contributed by atoms with E-state index >= 15 is 0 Å². The lowest BCUT2D eigenvalue weighted by Crippen LogP contribution is -2.31. The first-order valence-corrected chi connectivity index (χ1v) is 9.89. The Morgan fingerprint density at radius 2 is 2.12 bits per heavy atom. The minimum atomic E-state index is 0.0616. The van der Waals surface area contributed by atoms with Crippen LogP contribution in [0.1, 0.15) is 11.8 Å². The van der Waals surface area contributed by atoms with Crippen LogP contribution >= 0.6 is 34.7 Å². The van der Waals surface area contributed by atoms with Crippen molar-refractivity contribution in [2.45, 2.75) is 18.6 Å². The molecule has 9 heteroatoms. The number of thioether (sulfide) groups is 1. The first-order valence-electron chi connectivity index (χ1n) is 7.64. The third-order valence-electron chi connectivity index (χ3n) is 3.50. The normalized spacial score (nSPS) is 10.8. The van der Waals surface area contributed by atoms with E-state index in [0.717, 1.165) is 5.69 Å². The molecule has 2 aromatic heterocycles. The van der Waals surface area contributed by atoms with E-state index in [1.54, 1.807) is 28.2 Å². The lowest BCUT2D eigenvalue weighted by Gasteiger charge is -2.19. The van der Waals surface area contributed by atoms with E-state index in [2.05, 4.69) is 15.5 Å². The second-order valence-electron chi connectivity index (χ2n) is 5.13. The van der Waals surface area contributed by atoms with Crippen LogP contribution < -0.4 is 0 Å². The Bertz CT molecular complexity index is 819. The second kappa shape index (κ2) is 8.46. The summed E-state index contributed by atoms with van der Waals surface area (Å²) in [5, 5.41) is 14.9. The zero-order valence-corrected chi connectivity index (χ0v) is 15.9. The molecular weight excluding hydrogens is 378 g/mol. The molecule has 0 aliphatic heterocycles. The van der Waals surface area contributed by atoms with Gasteiger partial charge in [-0.3, -0.25) is 4.79 Å². The summed E-state index contributed by atoms with van der Waals surface area (Å²) in [5.74, 6) is 0.347. The maximum Gasteiger partial charge on any atom is 0.233 e. The summed E-state index contributed by atoms with van der Waals surface area (Å²) in [6, 6.07) is 11.2. The summed E-state index contributed by atoms with van der Waals surface area (Å²) in [7, 11) is 0. The number of rotatable bonds is 7. The first-order chi connectivity index (χ1) is 12.2. The number of halogens is 1. The zero-order chi connectivity index (χ0) is 17.6. The van der Waals surface area contributed by atoms with Crippen molar-refractivity contribution >= 4 is 40.6 Å². The predicted molar refractivity (Wildman–Crippen MR) is 100 cm³/mol. The molecule has 0 N–H and O–H groups in total. The molecule has 0 saturated carbocycles. The van der Waals surface area contributed by atoms with Crippen LogP contribution in [0, 0.1) is 0 Å². The van der Waals surface area contributed by atoms with Gasteiger partial charge < -0.3 is 4.90 Å². The fourth-order valence-corrected chi connectivity index (χ4v) is 3.84. The third-order valence-corrected chi connectivity index (χ3v) is 5.52. The SMILES string of the molecule is CCN(Cc1cccs1)C(=O)CSc1nnnn1-c1ccc(Cl)cc1. The highest BCUT2D eigenvalue weighted by molar-refractivity contribution is 7.99. The minimum absolute atomic E-state index is 0.0616. The van der Waals surface area contributed by atoms with E-state index in [9.17, 15) is 4.79 Å². The molecule has 3 aromatic rings. The van der Waals surface area contributed by atoms with Gasteiger partial charge in [-0.15, -0.1) is 16.4 Å². The molecule has 0 saturated heterocycles. The van der Waals surface area contributed by atoms with E-state index in [1.165, 1.54) is 16.6 Å². The number of aromatic nitrogens is 4. The van der Waals surface area contributed by atoms with Gasteiger partial charge in [0.15, 0.2) is 0 Å². The Balaban J connectivity index is 1.64. The van der Waals surface area contributed by atoms with Crippen LogP contribution in [-0.2, 0) is 11.3 Å². The maximum atomic E-state index is 12.5. The van der Waals surface area contributed by atoms with Crippen molar-refractivity contribution in [3.05, 3.63) is 51.7 Å². The summed E-state index contributed by atoms with van der Waals surface area (Å²) in [4.78, 5) is 15.5. The van der Waals surface area contributed by atoms with Crippen molar-refractivity contribution in [2.75, 3.05) is 12.3 Å². The summed E-state index contributed by atoms with van der Waals surface area (Å²) < 4.78 is 1.60. The Morgan fingerprint density at radius 3 is 2.80 bits per heavy atom. The molecule has 0 aliphatic carbocycles. The molecule has 0 fully saturated rings. The molecule has 0 radical (unpaired) electrons. The first kappa shape index (κ1) is 17.9. The van der Waals surface area contributed by atoms with Crippen LogP contribution in [-0.4, -0.2) is 43.3 Å². The average molecular weight is 394 g/mol. The summed E-state index contributed by atoms with van der Waals surface area (Å²) >= 11 is 8.89. The fraction of sp³-hybridized carbons (Fsp3) is 0.250. The van der Waals surface area contributed by atoms with Crippen LogP contribution in [0.5, 0.6) is 0 Å². The number of carbonyl (C=O) groups excluding carboxylic acids is 1. The standard InChI is InChI=1S/C16H16ClN5OS2/c1-2-21(10-14-4-3-9-24-14)15(23)11-25-16-18-19-20-22(16)13-7-5-12(17)6-8-13/h3-9H,2,10-11H2,1H3. The van der Waals surface area contributed by atoms with Gasteiger partial charge in [0, 0.05) is 16.4 Å². The monoisotopic (exact) mass is 393 g/mol. The van der Waals surface area contributed by atoms with E-state index in [1.807, 2.05) is 41.5 Å². The number of tetrazole rings is 1. The predicted octanol–water partition coefficient (Wildman–Crippen LogP) is 3.52. The van der Waals surface area contributed by atoms with Gasteiger partial charge in [-0.05, 0) is 53.1 Å². The molecular formula is C16H16ClN5OS2. The van der Waals surface area contributed by atoms with Crippen molar-refractivity contribution in [3.8, 4) is 5.69 Å². The highest BCUT2D eigenvalue weighted by Crippen LogP contribution is 2.20. The molecule has 0 unspecified atom stereocenters. The topological polar surface area (TPSA) is 63.9 Å². The van der Waals surface area contributed by atoms with E-state index in [-0.39, 0.29) is 11.7 Å². The number of nitrogens with zero attached hydrogens (tertiary/aromatic N) is 5. The molecule has 0 spiro atoms. The number of hydrogen-bond acceptors (Lipinski definition) is 6. The average Bonchev–Trinajstić information content (AvgIpc) is 3.30. The van der Waals surface area contributed by atoms with E-state index in [0.29, 0.717) is 23.3 Å². The molecule has 6 nitrogen and oxygen atoms in total. The number of benzene rings is 1. The lowest BCUT2D eigenvalue weighted by atomic mass is 10.3. The number of hydrogen-bond donors (Lipinski definition) is 0. The second-order valence-corrected chi connectivity index (χ2v) is 7.54. The van der Waals surface area contributed by atoms with E-state index < -0.39 is 0 Å². The van der Waals surface area contributed by atoms with Crippen molar-refractivity contribution < 1.29 is 4.79 Å². The zero-order valence-electron chi connectivity index (χ0n) is 13.5. The number of thiophene rings is 1. The van der Waals surface area contributed by atoms with Gasteiger partial charge in [0.25, 0.3) is 0 Å². The van der Waals surface area contributed by atoms with Crippen LogP contribution in [0.15, 0.2) is 46.9 Å². The van der Waals surface area contributed by atoms with Crippen molar-refractivity contribution in [3.63, 3.8) is 0 Å². The van der Waals surface area contributed by atoms with Gasteiger partial charge in [0.2, 0.25) is 11.1 Å². The van der Waals surface area contributed by atoms with Crippen LogP contribution in [0.2, 0.25) is 5.02 Å². The van der Waals surface area contributed by atoms with Crippen LogP contribution in [0.4, 0.5) is 0 Å². The van der Waals surface area contributed by atoms with Crippen molar-refractivity contribution in [1.82, 2.24) is 25.1 Å². The molecule has 1 amide bonds. The van der Waals surface area contributed by atoms with Gasteiger partial charge >= 0.3 is 0 Å². The summed E-state index contributed by atoms with van der Waals surface area (Å²) in [6.07, 6.45) is 0. The Labute approximate surface area is 158 Å². The molecule has 130 valence electrons. The largest absolute Gasteiger partial charge is 0.337 e. The van der Waals surface area contributed by atoms with Crippen LogP contribution in [0.25, 0.3) is 5.69 Å². The van der Waals surface area contributed by atoms with Gasteiger partial charge in [0.05, 0.1) is 18.0 Å². The van der Waals surface area contributed by atoms with E-state index in [4.69, 9.17) is 11.6 Å². The molecule has 1 aromatic carbocycles. The molecule has 0 atom stereocenters. The Morgan fingerprint density at radius 1 is 1.32 bits per heavy atom. The van der Waals surface area contributed by atoms with Crippen molar-refractivity contribution in [2.24, 2.45) is 0 Å². The molecule has 3 rings (SSSR count). The number of carbonyl (C=O) groups is 1. The van der Waals surface area contributed by atoms with Gasteiger partial charge in [0.1, 0.15) is 0 Å². The van der Waals surface area contributed by atoms with Crippen LogP contribution in [0.3, 0.4) is 0 Å². The molecule has 0 aliphatic rings. The van der Waals surface area contributed by atoms with Crippen molar-refractivity contribution in [1.29, 1.82) is 0 Å². The maximum absolute atomic E-state index is 12.5. The highest BCUT2D eigenvalue weighted by Gasteiger charge is 2.16. The summed E-state index contributed by atoms with van der Waals surface area (Å²) in [6.45, 7) is 3.28. The Kier molecular flexibility index (Phi) is 6.06. The highest BCUT2D eigenvalue weighted by atomic mass is 35.5. The molecule has 2 heterocycles. The third kappa shape index (κ3) is 4.59. The molecule has 25 heavy (non-hydrogen) atoms. The minimum Gasteiger partial charge on any atom is -0.337 e. The van der Waals surface area contributed by atoms with Gasteiger partial charge in [-0.1, -0.05) is 29.4 Å². The fourth-order valence-electron chi connectivity index (χ4n) is 2.20. The van der Waals surface area contributed by atoms with Gasteiger partial charge in [-0.25, -0.2) is 0 Å². The number of amides is 1. The Hall–Kier alpha value is -1.90. The molecule has 0 bridgehead atoms. The summed E-state index contributed by atoms with van der Waals surface area (Å²) in [5.41, 5.74) is 0.801. The van der Waals surface area contributed by atoms with Gasteiger partial charge in [-0.2, -0.15) is 4.68 Å². The lowest BCUT2D eigenvalue weighted by molar-refractivity contribution is -0.128. The quantitative estimate of drug-likeness (QED) is 0.574. The smallest absolute Gasteiger partial charge is 0.233 e.